The van der Waals surface area contributed by atoms with Crippen LogP contribution < -0.4 is 0 Å². The molecule has 0 fully saturated rings. The van der Waals surface area contributed by atoms with Gasteiger partial charge in [0.2, 0.25) is 0 Å². The van der Waals surface area contributed by atoms with Gasteiger partial charge in [-0.15, -0.1) is 0 Å². The molecule has 0 aromatic heterocycles. The van der Waals surface area contributed by atoms with Crippen molar-refractivity contribution in [3.63, 3.8) is 0 Å². The zero-order valence-electron chi connectivity index (χ0n) is 9.13. The number of benzene rings is 1. The maximum absolute atomic E-state index is 2.31. The summed E-state index contributed by atoms with van der Waals surface area (Å²) in [7, 11) is 0. The van der Waals surface area contributed by atoms with E-state index in [0.29, 0.717) is 0 Å². The quantitative estimate of drug-likeness (QED) is 0.604. The minimum absolute atomic E-state index is 0.892. The summed E-state index contributed by atoms with van der Waals surface area (Å²) < 4.78 is 0. The van der Waals surface area contributed by atoms with Crippen LogP contribution in [0.15, 0.2) is 24.3 Å². The highest BCUT2D eigenvalue weighted by Gasteiger charge is 2.24. The van der Waals surface area contributed by atoms with Crippen molar-refractivity contribution in [1.82, 2.24) is 0 Å². The van der Waals surface area contributed by atoms with E-state index in [4.69, 9.17) is 0 Å². The van der Waals surface area contributed by atoms with E-state index in [2.05, 4.69) is 31.2 Å². The molecule has 0 radical (unpaired) electrons. The largest absolute Gasteiger partial charge is 0.0654 e. The Balaban J connectivity index is 1.76. The molecule has 1 unspecified atom stereocenters. The Morgan fingerprint density at radius 3 is 2.79 bits per heavy atom. The van der Waals surface area contributed by atoms with Crippen molar-refractivity contribution in [2.75, 3.05) is 0 Å². The Morgan fingerprint density at radius 2 is 2.00 bits per heavy atom. The Morgan fingerprint density at radius 1 is 1.14 bits per heavy atom. The monoisotopic (exact) mass is 188 g/mol. The van der Waals surface area contributed by atoms with Gasteiger partial charge in [-0.2, -0.15) is 0 Å². The van der Waals surface area contributed by atoms with Crippen molar-refractivity contribution < 1.29 is 0 Å². The first-order valence-electron chi connectivity index (χ1n) is 5.99. The maximum Gasteiger partial charge on any atom is -0.0119 e. The number of fused-ring (bicyclic) bond motifs is 1. The lowest BCUT2D eigenvalue weighted by atomic mass is 9.75. The van der Waals surface area contributed by atoms with E-state index in [1.807, 2.05) is 0 Å². The average Bonchev–Trinajstić information content (AvgIpc) is 2.19. The van der Waals surface area contributed by atoms with Gasteiger partial charge in [0, 0.05) is 0 Å². The summed E-state index contributed by atoms with van der Waals surface area (Å²) in [6, 6.07) is 8.92. The fourth-order valence-electron chi connectivity index (χ4n) is 2.44. The molecule has 14 heavy (non-hydrogen) atoms. The standard InChI is InChI=1S/C14H20/c1-2-3-4-5-8-12-11-13-9-6-7-10-14(12)13/h6-7,9-10,12H,2-5,8,11H2,1H3. The van der Waals surface area contributed by atoms with Gasteiger partial charge in [0.1, 0.15) is 0 Å². The molecular formula is C14H20. The van der Waals surface area contributed by atoms with Crippen LogP contribution >= 0.6 is 0 Å². The minimum Gasteiger partial charge on any atom is -0.0654 e. The molecule has 0 nitrogen and oxygen atoms in total. The summed E-state index contributed by atoms with van der Waals surface area (Å²) in [5.41, 5.74) is 3.22. The van der Waals surface area contributed by atoms with Crippen molar-refractivity contribution in [3.8, 4) is 0 Å². The number of rotatable bonds is 5. The summed E-state index contributed by atoms with van der Waals surface area (Å²) in [4.78, 5) is 0. The third kappa shape index (κ3) is 2.00. The SMILES string of the molecule is CCCCCCC1Cc2ccccc21. The lowest BCUT2D eigenvalue weighted by molar-refractivity contribution is 0.512. The molecule has 0 heteroatoms. The van der Waals surface area contributed by atoms with Crippen LogP contribution in [0.5, 0.6) is 0 Å². The van der Waals surface area contributed by atoms with Crippen molar-refractivity contribution in [2.24, 2.45) is 0 Å². The highest BCUT2D eigenvalue weighted by molar-refractivity contribution is 5.39. The molecular weight excluding hydrogens is 168 g/mol. The lowest BCUT2D eigenvalue weighted by Crippen LogP contribution is -2.16. The Hall–Kier alpha value is -0.780. The van der Waals surface area contributed by atoms with Gasteiger partial charge in [0.15, 0.2) is 0 Å². The molecule has 1 aliphatic rings. The molecule has 0 heterocycles. The van der Waals surface area contributed by atoms with Crippen molar-refractivity contribution >= 4 is 0 Å². The average molecular weight is 188 g/mol. The first kappa shape index (κ1) is 9.76. The second-order valence-electron chi connectivity index (χ2n) is 4.45. The molecule has 1 aromatic rings. The molecule has 0 N–H and O–H groups in total. The summed E-state index contributed by atoms with van der Waals surface area (Å²) >= 11 is 0. The van der Waals surface area contributed by atoms with E-state index in [1.54, 1.807) is 11.1 Å². The minimum atomic E-state index is 0.892. The highest BCUT2D eigenvalue weighted by Crippen LogP contribution is 2.38. The van der Waals surface area contributed by atoms with Crippen LogP contribution in [0.3, 0.4) is 0 Å². The third-order valence-corrected chi connectivity index (χ3v) is 3.37. The van der Waals surface area contributed by atoms with Crippen LogP contribution in [0.1, 0.15) is 56.1 Å². The van der Waals surface area contributed by atoms with Gasteiger partial charge >= 0.3 is 0 Å². The molecule has 0 spiro atoms. The van der Waals surface area contributed by atoms with Crippen LogP contribution in [0.2, 0.25) is 0 Å². The lowest BCUT2D eigenvalue weighted by Gasteiger charge is -2.30. The van der Waals surface area contributed by atoms with E-state index in [0.717, 1.165) is 5.92 Å². The van der Waals surface area contributed by atoms with Crippen molar-refractivity contribution in [1.29, 1.82) is 0 Å². The Bertz CT molecular complexity index is 288. The van der Waals surface area contributed by atoms with Gasteiger partial charge in [-0.1, -0.05) is 56.9 Å². The second kappa shape index (κ2) is 4.63. The molecule has 1 atom stereocenters. The van der Waals surface area contributed by atoms with E-state index < -0.39 is 0 Å². The molecule has 2 rings (SSSR count). The molecule has 0 aliphatic heterocycles. The molecule has 0 saturated heterocycles. The fourth-order valence-corrected chi connectivity index (χ4v) is 2.44. The van der Waals surface area contributed by atoms with Gasteiger partial charge in [-0.05, 0) is 29.9 Å². The van der Waals surface area contributed by atoms with Gasteiger partial charge in [-0.3, -0.25) is 0 Å². The maximum atomic E-state index is 2.31. The smallest absolute Gasteiger partial charge is 0.0119 e. The summed E-state index contributed by atoms with van der Waals surface area (Å²) in [6.07, 6.45) is 8.36. The number of unbranched alkanes of at least 4 members (excludes halogenated alkanes) is 3. The fraction of sp³-hybridized carbons (Fsp3) is 0.571. The molecule has 1 aliphatic carbocycles. The molecule has 0 amide bonds. The topological polar surface area (TPSA) is 0 Å². The van der Waals surface area contributed by atoms with E-state index in [9.17, 15) is 0 Å². The van der Waals surface area contributed by atoms with Crippen LogP contribution in [0.4, 0.5) is 0 Å². The van der Waals surface area contributed by atoms with Gasteiger partial charge < -0.3 is 0 Å². The predicted molar refractivity (Wildman–Crippen MR) is 61.6 cm³/mol. The van der Waals surface area contributed by atoms with Crippen molar-refractivity contribution in [2.45, 2.75) is 51.4 Å². The zero-order chi connectivity index (χ0) is 9.80. The Kier molecular flexibility index (Phi) is 3.23. The molecule has 0 bridgehead atoms. The Labute approximate surface area is 87.3 Å². The molecule has 1 aromatic carbocycles. The van der Waals surface area contributed by atoms with Gasteiger partial charge in [0.05, 0.1) is 0 Å². The van der Waals surface area contributed by atoms with E-state index in [1.165, 1.54) is 38.5 Å². The first-order valence-corrected chi connectivity index (χ1v) is 5.99. The zero-order valence-corrected chi connectivity index (χ0v) is 9.13. The van der Waals surface area contributed by atoms with Crippen LogP contribution in [-0.4, -0.2) is 0 Å². The summed E-state index contributed by atoms with van der Waals surface area (Å²) in [5, 5.41) is 0. The van der Waals surface area contributed by atoms with E-state index >= 15 is 0 Å². The van der Waals surface area contributed by atoms with Crippen molar-refractivity contribution in [3.05, 3.63) is 35.4 Å². The summed E-state index contributed by atoms with van der Waals surface area (Å²) in [6.45, 7) is 2.28. The normalized spacial score (nSPS) is 18.8. The number of hydrogen-bond acceptors (Lipinski definition) is 0. The third-order valence-electron chi connectivity index (χ3n) is 3.37. The molecule has 0 saturated carbocycles. The van der Waals surface area contributed by atoms with E-state index in [-0.39, 0.29) is 0 Å². The summed E-state index contributed by atoms with van der Waals surface area (Å²) in [5.74, 6) is 0.892. The van der Waals surface area contributed by atoms with Gasteiger partial charge in [-0.25, -0.2) is 0 Å². The van der Waals surface area contributed by atoms with Crippen LogP contribution in [0.25, 0.3) is 0 Å². The highest BCUT2D eigenvalue weighted by atomic mass is 14.3. The van der Waals surface area contributed by atoms with Crippen LogP contribution in [-0.2, 0) is 6.42 Å². The predicted octanol–water partition coefficient (Wildman–Crippen LogP) is 4.30. The second-order valence-corrected chi connectivity index (χ2v) is 4.45. The van der Waals surface area contributed by atoms with Crippen LogP contribution in [0, 0.1) is 0 Å². The first-order chi connectivity index (χ1) is 6.92. The molecule has 76 valence electrons. The van der Waals surface area contributed by atoms with Gasteiger partial charge in [0.25, 0.3) is 0 Å². The number of hydrogen-bond donors (Lipinski definition) is 0.